The second-order valence-electron chi connectivity index (χ2n) is 6.97. The van der Waals surface area contributed by atoms with E-state index < -0.39 is 0 Å². The van der Waals surface area contributed by atoms with E-state index in [1.165, 1.54) is 42.6 Å². The van der Waals surface area contributed by atoms with Gasteiger partial charge in [-0.1, -0.05) is 48.9 Å². The van der Waals surface area contributed by atoms with Gasteiger partial charge in [-0.25, -0.2) is 0 Å². The summed E-state index contributed by atoms with van der Waals surface area (Å²) in [6, 6.07) is 17.6. The first kappa shape index (κ1) is 18.0. The number of nitrogens with zero attached hydrogens (tertiary/aromatic N) is 1. The third-order valence-electron chi connectivity index (χ3n) is 5.06. The number of hydrogen-bond acceptors (Lipinski definition) is 3. The van der Waals surface area contributed by atoms with Gasteiger partial charge in [0, 0.05) is 19.1 Å². The lowest BCUT2D eigenvalue weighted by Gasteiger charge is -2.23. The van der Waals surface area contributed by atoms with E-state index in [0.29, 0.717) is 12.6 Å². The van der Waals surface area contributed by atoms with Crippen LogP contribution in [0.1, 0.15) is 36.5 Å². The van der Waals surface area contributed by atoms with Crippen LogP contribution in [0.25, 0.3) is 0 Å². The Morgan fingerprint density at radius 3 is 2.48 bits per heavy atom. The van der Waals surface area contributed by atoms with Crippen molar-refractivity contribution in [2.24, 2.45) is 0 Å². The lowest BCUT2D eigenvalue weighted by atomic mass is 10.1. The van der Waals surface area contributed by atoms with Gasteiger partial charge in [0.2, 0.25) is 0 Å². The first-order chi connectivity index (χ1) is 12.2. The molecule has 3 heteroatoms. The molecule has 0 spiro atoms. The van der Waals surface area contributed by atoms with E-state index >= 15 is 0 Å². The fourth-order valence-corrected chi connectivity index (χ4v) is 3.48. The largest absolute Gasteiger partial charge is 0.489 e. The molecule has 1 heterocycles. The van der Waals surface area contributed by atoms with Crippen LogP contribution in [-0.4, -0.2) is 30.6 Å². The molecule has 2 aromatic carbocycles. The van der Waals surface area contributed by atoms with Gasteiger partial charge in [-0.3, -0.25) is 4.90 Å². The summed E-state index contributed by atoms with van der Waals surface area (Å²) in [6.45, 7) is 9.41. The molecule has 134 valence electrons. The minimum absolute atomic E-state index is 0.617. The molecule has 0 unspecified atom stereocenters. The predicted octanol–water partition coefficient (Wildman–Crippen LogP) is 4.15. The Kier molecular flexibility index (Phi) is 6.48. The molecular weight excluding hydrogens is 308 g/mol. The molecule has 25 heavy (non-hydrogen) atoms. The van der Waals surface area contributed by atoms with Crippen molar-refractivity contribution >= 4 is 0 Å². The topological polar surface area (TPSA) is 24.5 Å². The quantitative estimate of drug-likeness (QED) is 0.782. The van der Waals surface area contributed by atoms with Crippen LogP contribution in [0.4, 0.5) is 0 Å². The van der Waals surface area contributed by atoms with Crippen LogP contribution in [0.5, 0.6) is 5.75 Å². The summed E-state index contributed by atoms with van der Waals surface area (Å²) in [7, 11) is 0. The number of aryl methyl sites for hydroxylation is 1. The Labute approximate surface area is 152 Å². The minimum atomic E-state index is 0.617. The Morgan fingerprint density at radius 1 is 1.04 bits per heavy atom. The third-order valence-corrected chi connectivity index (χ3v) is 5.06. The average Bonchev–Trinajstić information content (AvgIpc) is 3.10. The zero-order valence-corrected chi connectivity index (χ0v) is 15.5. The van der Waals surface area contributed by atoms with Gasteiger partial charge in [-0.15, -0.1) is 0 Å². The second-order valence-corrected chi connectivity index (χ2v) is 6.97. The summed E-state index contributed by atoms with van der Waals surface area (Å²) in [5.41, 5.74) is 3.79. The van der Waals surface area contributed by atoms with Gasteiger partial charge in [-0.05, 0) is 56.1 Å². The van der Waals surface area contributed by atoms with Crippen molar-refractivity contribution < 1.29 is 4.74 Å². The fraction of sp³-hybridized carbons (Fsp3) is 0.455. The van der Waals surface area contributed by atoms with E-state index in [1.807, 2.05) is 0 Å². The van der Waals surface area contributed by atoms with Crippen LogP contribution in [0, 0.1) is 6.92 Å². The highest BCUT2D eigenvalue weighted by atomic mass is 16.5. The summed E-state index contributed by atoms with van der Waals surface area (Å²) in [4.78, 5) is 2.58. The van der Waals surface area contributed by atoms with Gasteiger partial charge in [-0.2, -0.15) is 0 Å². The molecule has 0 aliphatic carbocycles. The van der Waals surface area contributed by atoms with Crippen LogP contribution in [-0.2, 0) is 13.2 Å². The highest BCUT2D eigenvalue weighted by molar-refractivity contribution is 5.28. The van der Waals surface area contributed by atoms with Crippen molar-refractivity contribution in [3.63, 3.8) is 0 Å². The normalized spacial score (nSPS) is 17.8. The number of nitrogens with one attached hydrogen (secondary N) is 1. The lowest BCUT2D eigenvalue weighted by molar-refractivity contribution is 0.260. The zero-order valence-electron chi connectivity index (χ0n) is 15.5. The Morgan fingerprint density at radius 2 is 1.76 bits per heavy atom. The molecule has 1 N–H and O–H groups in total. The van der Waals surface area contributed by atoms with Crippen LogP contribution in [0.15, 0.2) is 48.5 Å². The van der Waals surface area contributed by atoms with E-state index in [-0.39, 0.29) is 0 Å². The number of ether oxygens (including phenoxy) is 1. The van der Waals surface area contributed by atoms with Gasteiger partial charge < -0.3 is 10.1 Å². The molecule has 0 aromatic heterocycles. The first-order valence-corrected chi connectivity index (χ1v) is 9.46. The fourth-order valence-electron chi connectivity index (χ4n) is 3.48. The van der Waals surface area contributed by atoms with E-state index in [9.17, 15) is 0 Å². The van der Waals surface area contributed by atoms with Crippen molar-refractivity contribution in [1.82, 2.24) is 10.2 Å². The van der Waals surface area contributed by atoms with E-state index in [2.05, 4.69) is 72.6 Å². The summed E-state index contributed by atoms with van der Waals surface area (Å²) in [5, 5.41) is 3.61. The smallest absolute Gasteiger partial charge is 0.119 e. The number of likely N-dealkylation sites (N-methyl/N-ethyl adjacent to an activating group) is 1. The number of rotatable bonds is 8. The van der Waals surface area contributed by atoms with Gasteiger partial charge >= 0.3 is 0 Å². The number of likely N-dealkylation sites (tertiary alicyclic amines) is 1. The average molecular weight is 338 g/mol. The molecule has 3 nitrogen and oxygen atoms in total. The molecule has 1 aliphatic heterocycles. The number of benzene rings is 2. The van der Waals surface area contributed by atoms with Gasteiger partial charge in [0.1, 0.15) is 12.4 Å². The molecular formula is C22H30N2O. The van der Waals surface area contributed by atoms with Crippen molar-refractivity contribution in [2.75, 3.05) is 19.6 Å². The van der Waals surface area contributed by atoms with E-state index in [0.717, 1.165) is 18.8 Å². The van der Waals surface area contributed by atoms with Crippen LogP contribution < -0.4 is 10.1 Å². The van der Waals surface area contributed by atoms with Crippen LogP contribution in [0.3, 0.4) is 0 Å². The summed E-state index contributed by atoms with van der Waals surface area (Å²) in [5.74, 6) is 0.928. The van der Waals surface area contributed by atoms with Gasteiger partial charge in [0.05, 0.1) is 0 Å². The molecule has 3 rings (SSSR count). The third kappa shape index (κ3) is 5.32. The molecule has 1 atom stereocenters. The lowest BCUT2D eigenvalue weighted by Crippen LogP contribution is -2.37. The van der Waals surface area contributed by atoms with Crippen molar-refractivity contribution in [3.05, 3.63) is 65.2 Å². The molecule has 0 saturated carbocycles. The SMILES string of the molecule is CCN1CCC[C@H]1CNCc1ccc(OCc2ccc(C)cc2)cc1. The molecule has 0 bridgehead atoms. The number of hydrogen-bond donors (Lipinski definition) is 1. The van der Waals surface area contributed by atoms with Crippen molar-refractivity contribution in [2.45, 2.75) is 45.9 Å². The highest BCUT2D eigenvalue weighted by Gasteiger charge is 2.21. The van der Waals surface area contributed by atoms with Crippen molar-refractivity contribution in [1.29, 1.82) is 0 Å². The summed E-state index contributed by atoms with van der Waals surface area (Å²) < 4.78 is 5.87. The van der Waals surface area contributed by atoms with Crippen molar-refractivity contribution in [3.8, 4) is 5.75 Å². The van der Waals surface area contributed by atoms with Crippen LogP contribution in [0.2, 0.25) is 0 Å². The molecule has 0 radical (unpaired) electrons. The van der Waals surface area contributed by atoms with E-state index in [1.54, 1.807) is 0 Å². The maximum atomic E-state index is 5.87. The molecule has 1 aliphatic rings. The maximum Gasteiger partial charge on any atom is 0.119 e. The monoisotopic (exact) mass is 338 g/mol. The maximum absolute atomic E-state index is 5.87. The first-order valence-electron chi connectivity index (χ1n) is 9.46. The zero-order chi connectivity index (χ0) is 17.5. The molecule has 0 amide bonds. The Hall–Kier alpha value is -1.84. The predicted molar refractivity (Wildman–Crippen MR) is 104 cm³/mol. The molecule has 1 saturated heterocycles. The highest BCUT2D eigenvalue weighted by Crippen LogP contribution is 2.17. The standard InChI is InChI=1S/C22H30N2O/c1-3-24-14-4-5-21(24)16-23-15-19-10-12-22(13-11-19)25-17-20-8-6-18(2)7-9-20/h6-13,21,23H,3-5,14-17H2,1-2H3/t21-/m0/s1. The molecule has 1 fully saturated rings. The van der Waals surface area contributed by atoms with Crippen LogP contribution >= 0.6 is 0 Å². The summed E-state index contributed by atoms with van der Waals surface area (Å²) in [6.07, 6.45) is 2.67. The van der Waals surface area contributed by atoms with Gasteiger partial charge in [0.15, 0.2) is 0 Å². The Bertz CT molecular complexity index is 636. The molecule has 2 aromatic rings. The second kappa shape index (κ2) is 9.02. The summed E-state index contributed by atoms with van der Waals surface area (Å²) >= 11 is 0. The van der Waals surface area contributed by atoms with Gasteiger partial charge in [0.25, 0.3) is 0 Å². The van der Waals surface area contributed by atoms with E-state index in [4.69, 9.17) is 4.74 Å². The minimum Gasteiger partial charge on any atom is -0.489 e. The Balaban J connectivity index is 1.41.